The third-order valence-corrected chi connectivity index (χ3v) is 7.89. The zero-order valence-corrected chi connectivity index (χ0v) is 23.1. The lowest BCUT2D eigenvalue weighted by Gasteiger charge is -2.35. The van der Waals surface area contributed by atoms with E-state index in [4.69, 9.17) is 4.74 Å². The van der Waals surface area contributed by atoms with E-state index in [1.165, 1.54) is 12.1 Å². The molecule has 3 aromatic rings. The van der Waals surface area contributed by atoms with Gasteiger partial charge in [-0.05, 0) is 66.3 Å². The van der Waals surface area contributed by atoms with E-state index < -0.39 is 17.8 Å². The second-order valence-corrected chi connectivity index (χ2v) is 10.6. The summed E-state index contributed by atoms with van der Waals surface area (Å²) in [6.45, 7) is 2.08. The number of nitrogens with one attached hydrogen (secondary N) is 1. The van der Waals surface area contributed by atoms with Crippen LogP contribution in [0.3, 0.4) is 0 Å². The van der Waals surface area contributed by atoms with Crippen LogP contribution in [0.15, 0.2) is 84.1 Å². The minimum atomic E-state index is -4.43. The number of fused-ring (bicyclic) bond motifs is 1. The molecule has 1 aliphatic heterocycles. The normalized spacial score (nSPS) is 18.8. The van der Waals surface area contributed by atoms with Crippen LogP contribution in [-0.2, 0) is 15.8 Å². The van der Waals surface area contributed by atoms with Crippen molar-refractivity contribution in [1.29, 1.82) is 0 Å². The van der Waals surface area contributed by atoms with Gasteiger partial charge >= 0.3 is 6.18 Å². The van der Waals surface area contributed by atoms with Crippen molar-refractivity contribution in [3.8, 4) is 5.75 Å². The van der Waals surface area contributed by atoms with Gasteiger partial charge in [0.25, 0.3) is 0 Å². The largest absolute Gasteiger partial charge is 0.497 e. The van der Waals surface area contributed by atoms with Crippen molar-refractivity contribution in [2.24, 2.45) is 0 Å². The fourth-order valence-corrected chi connectivity index (χ4v) is 5.79. The molecule has 8 heteroatoms. The van der Waals surface area contributed by atoms with Crippen LogP contribution in [0, 0.1) is 0 Å². The Bertz CT molecular complexity index is 1450. The van der Waals surface area contributed by atoms with E-state index in [2.05, 4.69) is 12.2 Å². The number of unbranched alkanes of at least 4 members (excludes halogenated alkanes) is 2. The SMILES string of the molecule is CCCCCC(=O)N1c2ccccc2NC2=C(C(=O)C[C@H](c3ccc(C(F)(F)F)cc3)C2)[C@@H]1c1ccc(OC)cc1. The predicted octanol–water partition coefficient (Wildman–Crippen LogP) is 8.19. The molecule has 0 bridgehead atoms. The molecule has 214 valence electrons. The maximum atomic E-state index is 14.0. The summed E-state index contributed by atoms with van der Waals surface area (Å²) in [6, 6.07) is 19.3. The van der Waals surface area contributed by atoms with Crippen LogP contribution in [0.4, 0.5) is 24.5 Å². The zero-order valence-electron chi connectivity index (χ0n) is 23.1. The molecule has 3 aromatic carbocycles. The number of nitrogens with zero attached hydrogens (tertiary/aromatic N) is 1. The van der Waals surface area contributed by atoms with Crippen LogP contribution >= 0.6 is 0 Å². The first-order valence-electron chi connectivity index (χ1n) is 14.0. The molecule has 0 unspecified atom stereocenters. The fourth-order valence-electron chi connectivity index (χ4n) is 5.79. The summed E-state index contributed by atoms with van der Waals surface area (Å²) in [4.78, 5) is 29.7. The highest BCUT2D eigenvalue weighted by Gasteiger charge is 2.41. The number of para-hydroxylation sites is 2. The second-order valence-electron chi connectivity index (χ2n) is 10.6. The second kappa shape index (κ2) is 11.8. The van der Waals surface area contributed by atoms with Crippen LogP contribution in [0.25, 0.3) is 0 Å². The number of amides is 1. The summed E-state index contributed by atoms with van der Waals surface area (Å²) in [7, 11) is 1.58. The predicted molar refractivity (Wildman–Crippen MR) is 153 cm³/mol. The van der Waals surface area contributed by atoms with Crippen molar-refractivity contribution in [3.05, 3.63) is 101 Å². The lowest BCUT2D eigenvalue weighted by atomic mass is 9.78. The number of hydrogen-bond acceptors (Lipinski definition) is 4. The van der Waals surface area contributed by atoms with Crippen LogP contribution < -0.4 is 15.0 Å². The Labute approximate surface area is 238 Å². The van der Waals surface area contributed by atoms with E-state index in [1.54, 1.807) is 12.0 Å². The number of hydrogen-bond donors (Lipinski definition) is 1. The number of halogens is 3. The Morgan fingerprint density at radius 3 is 2.29 bits per heavy atom. The molecule has 0 aromatic heterocycles. The number of Topliss-reactive ketones (excluding diaryl/α,β-unsaturated/α-hetero) is 1. The molecule has 1 aliphatic carbocycles. The minimum absolute atomic E-state index is 0.0695. The summed E-state index contributed by atoms with van der Waals surface area (Å²) in [5.74, 6) is 0.156. The van der Waals surface area contributed by atoms with Gasteiger partial charge in [0.05, 0.1) is 30.1 Å². The van der Waals surface area contributed by atoms with E-state index in [9.17, 15) is 22.8 Å². The average molecular weight is 563 g/mol. The number of allylic oxidation sites excluding steroid dienone is 1. The Morgan fingerprint density at radius 1 is 0.951 bits per heavy atom. The lowest BCUT2D eigenvalue weighted by Crippen LogP contribution is -2.38. The highest BCUT2D eigenvalue weighted by molar-refractivity contribution is 6.06. The maximum Gasteiger partial charge on any atom is 0.416 e. The quantitative estimate of drug-likeness (QED) is 0.295. The van der Waals surface area contributed by atoms with E-state index in [0.29, 0.717) is 46.8 Å². The van der Waals surface area contributed by atoms with Gasteiger partial charge in [-0.25, -0.2) is 0 Å². The summed E-state index contributed by atoms with van der Waals surface area (Å²) in [5, 5.41) is 3.46. The zero-order chi connectivity index (χ0) is 29.1. The molecule has 1 amide bonds. The summed E-state index contributed by atoms with van der Waals surface area (Å²) in [6.07, 6.45) is -0.882. The Morgan fingerprint density at radius 2 is 1.63 bits per heavy atom. The van der Waals surface area contributed by atoms with E-state index in [-0.39, 0.29) is 24.0 Å². The van der Waals surface area contributed by atoms with Gasteiger partial charge in [0, 0.05) is 24.1 Å². The number of rotatable bonds is 7. The topological polar surface area (TPSA) is 58.6 Å². The van der Waals surface area contributed by atoms with Crippen molar-refractivity contribution in [1.82, 2.24) is 0 Å². The monoisotopic (exact) mass is 562 g/mol. The van der Waals surface area contributed by atoms with Crippen molar-refractivity contribution < 1.29 is 27.5 Å². The molecule has 5 rings (SSSR count). The van der Waals surface area contributed by atoms with Gasteiger partial charge in [0.2, 0.25) is 5.91 Å². The number of methoxy groups -OCH3 is 1. The minimum Gasteiger partial charge on any atom is -0.497 e. The van der Waals surface area contributed by atoms with Crippen LogP contribution in [0.5, 0.6) is 5.75 Å². The molecular weight excluding hydrogens is 529 g/mol. The lowest BCUT2D eigenvalue weighted by molar-refractivity contribution is -0.137. The van der Waals surface area contributed by atoms with Crippen molar-refractivity contribution in [2.75, 3.05) is 17.3 Å². The third kappa shape index (κ3) is 5.87. The smallest absolute Gasteiger partial charge is 0.416 e. The van der Waals surface area contributed by atoms with Gasteiger partial charge in [-0.1, -0.05) is 56.2 Å². The molecule has 5 nitrogen and oxygen atoms in total. The van der Waals surface area contributed by atoms with E-state index >= 15 is 0 Å². The molecule has 0 spiro atoms. The van der Waals surface area contributed by atoms with Gasteiger partial charge in [-0.2, -0.15) is 13.2 Å². The number of benzene rings is 3. The van der Waals surface area contributed by atoms with Gasteiger partial charge in [-0.15, -0.1) is 0 Å². The summed E-state index contributed by atoms with van der Waals surface area (Å²) >= 11 is 0. The van der Waals surface area contributed by atoms with Crippen LogP contribution in [-0.4, -0.2) is 18.8 Å². The van der Waals surface area contributed by atoms with Crippen molar-refractivity contribution in [3.63, 3.8) is 0 Å². The van der Waals surface area contributed by atoms with E-state index in [0.717, 1.165) is 37.0 Å². The summed E-state index contributed by atoms with van der Waals surface area (Å²) < 4.78 is 44.9. The van der Waals surface area contributed by atoms with Crippen molar-refractivity contribution >= 4 is 23.1 Å². The number of ketones is 1. The Hall–Kier alpha value is -4.07. The third-order valence-electron chi connectivity index (χ3n) is 7.89. The fraction of sp³-hybridized carbons (Fsp3) is 0.333. The van der Waals surface area contributed by atoms with Gasteiger partial charge in [0.15, 0.2) is 5.78 Å². The molecule has 41 heavy (non-hydrogen) atoms. The van der Waals surface area contributed by atoms with Crippen LogP contribution in [0.1, 0.15) is 74.1 Å². The van der Waals surface area contributed by atoms with E-state index in [1.807, 2.05) is 48.5 Å². The first kappa shape index (κ1) is 28.5. The first-order valence-corrected chi connectivity index (χ1v) is 14.0. The number of carbonyl (C=O) groups excluding carboxylic acids is 2. The summed E-state index contributed by atoms with van der Waals surface area (Å²) in [5.41, 5.74) is 3.32. The molecule has 0 radical (unpaired) electrons. The van der Waals surface area contributed by atoms with Crippen LogP contribution in [0.2, 0.25) is 0 Å². The standard InChI is InChI=1S/C33H33F3N2O3/c1-3-4-5-10-30(40)38-28-9-7-6-8-26(28)37-27-19-23(21-11-15-24(16-12-21)33(34,35)36)20-29(39)31(27)32(38)22-13-17-25(41-2)18-14-22/h6-9,11-18,23,32,37H,3-5,10,19-20H2,1-2H3/t23-,32+/m1/s1. The average Bonchev–Trinajstić information content (AvgIpc) is 3.11. The number of anilines is 2. The molecule has 1 heterocycles. The molecule has 0 saturated carbocycles. The maximum absolute atomic E-state index is 14.0. The molecule has 0 saturated heterocycles. The highest BCUT2D eigenvalue weighted by atomic mass is 19.4. The van der Waals surface area contributed by atoms with Gasteiger partial charge < -0.3 is 10.1 Å². The highest BCUT2D eigenvalue weighted by Crippen LogP contribution is 2.48. The van der Waals surface area contributed by atoms with Crippen molar-refractivity contribution in [2.45, 2.75) is 63.6 Å². The first-order chi connectivity index (χ1) is 19.7. The molecular formula is C33H33F3N2O3. The number of carbonyl (C=O) groups is 2. The molecule has 0 fully saturated rings. The Kier molecular flexibility index (Phi) is 8.20. The van der Waals surface area contributed by atoms with Gasteiger partial charge in [0.1, 0.15) is 5.75 Å². The molecule has 1 N–H and O–H groups in total. The molecule has 2 aliphatic rings. The Balaban J connectivity index is 1.61. The number of alkyl halides is 3. The van der Waals surface area contributed by atoms with Gasteiger partial charge in [-0.3, -0.25) is 14.5 Å². The number of ether oxygens (including phenoxy) is 1. The molecule has 2 atom stereocenters.